The van der Waals surface area contributed by atoms with Crippen LogP contribution in [0.25, 0.3) is 0 Å². The molecule has 0 bridgehead atoms. The molecule has 0 aliphatic rings. The molecule has 0 radical (unpaired) electrons. The maximum atomic E-state index is 12.3. The summed E-state index contributed by atoms with van der Waals surface area (Å²) in [6, 6.07) is 0. The molecule has 0 spiro atoms. The van der Waals surface area contributed by atoms with E-state index >= 15 is 0 Å². The van der Waals surface area contributed by atoms with Crippen LogP contribution in [-0.4, -0.2) is 23.9 Å². The van der Waals surface area contributed by atoms with Gasteiger partial charge in [-0.15, -0.1) is 0 Å². The Morgan fingerprint density at radius 3 is 1.38 bits per heavy atom. The van der Waals surface area contributed by atoms with E-state index in [1.54, 1.807) is 13.8 Å². The standard InChI is InChI=1S/C13H18F6O2/c1-3-8(4-2)10(20)5-11(21)9(6-12(14,15)16)7-13(17,18)19/h8-9H,3-7H2,1-2H3. The lowest BCUT2D eigenvalue weighted by atomic mass is 9.88. The molecule has 0 amide bonds. The van der Waals surface area contributed by atoms with Gasteiger partial charge in [0.05, 0.1) is 19.3 Å². The number of carbonyl (C=O) groups is 2. The minimum absolute atomic E-state index is 0.395. The average Bonchev–Trinajstić information content (AvgIpc) is 2.25. The Labute approximate surface area is 118 Å². The van der Waals surface area contributed by atoms with Crippen molar-refractivity contribution in [1.29, 1.82) is 0 Å². The summed E-state index contributed by atoms with van der Waals surface area (Å²) in [5.41, 5.74) is 0. The minimum Gasteiger partial charge on any atom is -0.299 e. The third kappa shape index (κ3) is 8.72. The predicted molar refractivity (Wildman–Crippen MR) is 63.5 cm³/mol. The van der Waals surface area contributed by atoms with Gasteiger partial charge in [0.2, 0.25) is 0 Å². The molecular weight excluding hydrogens is 302 g/mol. The van der Waals surface area contributed by atoms with Gasteiger partial charge < -0.3 is 0 Å². The Morgan fingerprint density at radius 2 is 1.10 bits per heavy atom. The van der Waals surface area contributed by atoms with Crippen molar-refractivity contribution in [2.45, 2.75) is 58.3 Å². The highest BCUT2D eigenvalue weighted by Crippen LogP contribution is 2.34. The van der Waals surface area contributed by atoms with Crippen LogP contribution in [0.2, 0.25) is 0 Å². The van der Waals surface area contributed by atoms with Crippen LogP contribution in [0.15, 0.2) is 0 Å². The second-order valence-electron chi connectivity index (χ2n) is 4.96. The molecule has 0 saturated heterocycles. The van der Waals surface area contributed by atoms with Gasteiger partial charge in [0.25, 0.3) is 0 Å². The molecule has 0 N–H and O–H groups in total. The fourth-order valence-electron chi connectivity index (χ4n) is 2.06. The van der Waals surface area contributed by atoms with E-state index in [-0.39, 0.29) is 0 Å². The van der Waals surface area contributed by atoms with Crippen molar-refractivity contribution in [3.05, 3.63) is 0 Å². The molecule has 124 valence electrons. The van der Waals surface area contributed by atoms with E-state index < -0.39 is 55.0 Å². The summed E-state index contributed by atoms with van der Waals surface area (Å²) >= 11 is 0. The summed E-state index contributed by atoms with van der Waals surface area (Å²) in [4.78, 5) is 23.3. The molecule has 0 aromatic rings. The Hall–Kier alpha value is -1.08. The first kappa shape index (κ1) is 19.9. The lowest BCUT2D eigenvalue weighted by Gasteiger charge is -2.20. The number of halogens is 6. The van der Waals surface area contributed by atoms with E-state index in [2.05, 4.69) is 0 Å². The maximum Gasteiger partial charge on any atom is 0.389 e. The first-order valence-corrected chi connectivity index (χ1v) is 6.58. The zero-order valence-corrected chi connectivity index (χ0v) is 11.8. The Bertz CT molecular complexity index is 339. The predicted octanol–water partition coefficient (Wildman–Crippen LogP) is 4.47. The molecular formula is C13H18F6O2. The number of hydrogen-bond donors (Lipinski definition) is 0. The highest BCUT2D eigenvalue weighted by atomic mass is 19.4. The first-order valence-electron chi connectivity index (χ1n) is 6.58. The molecule has 2 nitrogen and oxygen atoms in total. The second-order valence-corrected chi connectivity index (χ2v) is 4.96. The highest BCUT2D eigenvalue weighted by molar-refractivity contribution is 6.01. The van der Waals surface area contributed by atoms with Crippen molar-refractivity contribution in [1.82, 2.24) is 0 Å². The fourth-order valence-corrected chi connectivity index (χ4v) is 2.06. The van der Waals surface area contributed by atoms with E-state index in [0.717, 1.165) is 0 Å². The number of Topliss-reactive ketones (excluding diaryl/α,β-unsaturated/α-hetero) is 2. The van der Waals surface area contributed by atoms with Crippen LogP contribution < -0.4 is 0 Å². The molecule has 0 fully saturated rings. The highest BCUT2D eigenvalue weighted by Gasteiger charge is 2.42. The molecule has 0 aromatic heterocycles. The lowest BCUT2D eigenvalue weighted by molar-refractivity contribution is -0.178. The van der Waals surface area contributed by atoms with Crippen molar-refractivity contribution >= 4 is 11.6 Å². The summed E-state index contributed by atoms with van der Waals surface area (Å²) < 4.78 is 73.6. The Morgan fingerprint density at radius 1 is 0.762 bits per heavy atom. The van der Waals surface area contributed by atoms with Gasteiger partial charge in [-0.1, -0.05) is 13.8 Å². The molecule has 0 atom stereocenters. The Kier molecular flexibility index (Phi) is 7.39. The van der Waals surface area contributed by atoms with Crippen molar-refractivity contribution in [2.75, 3.05) is 0 Å². The van der Waals surface area contributed by atoms with Crippen molar-refractivity contribution in [2.24, 2.45) is 11.8 Å². The maximum absolute atomic E-state index is 12.3. The topological polar surface area (TPSA) is 34.1 Å². The molecule has 0 unspecified atom stereocenters. The largest absolute Gasteiger partial charge is 0.389 e. The summed E-state index contributed by atoms with van der Waals surface area (Å²) in [6.45, 7) is 3.33. The third-order valence-electron chi connectivity index (χ3n) is 3.20. The number of hydrogen-bond acceptors (Lipinski definition) is 2. The van der Waals surface area contributed by atoms with Crippen LogP contribution in [-0.2, 0) is 9.59 Å². The van der Waals surface area contributed by atoms with E-state index in [0.29, 0.717) is 12.8 Å². The van der Waals surface area contributed by atoms with Gasteiger partial charge >= 0.3 is 12.4 Å². The number of ketones is 2. The third-order valence-corrected chi connectivity index (χ3v) is 3.20. The zero-order chi connectivity index (χ0) is 16.8. The second kappa shape index (κ2) is 7.79. The molecule has 0 aliphatic carbocycles. The van der Waals surface area contributed by atoms with Gasteiger partial charge in [0.1, 0.15) is 11.6 Å². The summed E-state index contributed by atoms with van der Waals surface area (Å²) in [7, 11) is 0. The smallest absolute Gasteiger partial charge is 0.299 e. The monoisotopic (exact) mass is 320 g/mol. The van der Waals surface area contributed by atoms with E-state index in [4.69, 9.17) is 0 Å². The van der Waals surface area contributed by atoms with E-state index in [1.165, 1.54) is 0 Å². The van der Waals surface area contributed by atoms with Crippen LogP contribution >= 0.6 is 0 Å². The van der Waals surface area contributed by atoms with Crippen molar-refractivity contribution < 1.29 is 35.9 Å². The summed E-state index contributed by atoms with van der Waals surface area (Å²) in [6.07, 6.45) is -13.6. The van der Waals surface area contributed by atoms with E-state index in [1.807, 2.05) is 0 Å². The summed E-state index contributed by atoms with van der Waals surface area (Å²) in [5, 5.41) is 0. The van der Waals surface area contributed by atoms with Crippen molar-refractivity contribution in [3.63, 3.8) is 0 Å². The summed E-state index contributed by atoms with van der Waals surface area (Å²) in [5.74, 6) is -4.64. The Balaban J connectivity index is 4.91. The van der Waals surface area contributed by atoms with Gasteiger partial charge in [-0.3, -0.25) is 9.59 Å². The number of alkyl halides is 6. The normalized spacial score (nSPS) is 13.0. The average molecular weight is 320 g/mol. The van der Waals surface area contributed by atoms with Gasteiger partial charge in [-0.25, -0.2) is 0 Å². The van der Waals surface area contributed by atoms with Crippen LogP contribution in [0.4, 0.5) is 26.3 Å². The van der Waals surface area contributed by atoms with Crippen LogP contribution in [0.5, 0.6) is 0 Å². The fraction of sp³-hybridized carbons (Fsp3) is 0.846. The number of rotatable bonds is 8. The van der Waals surface area contributed by atoms with Gasteiger partial charge in [0.15, 0.2) is 0 Å². The van der Waals surface area contributed by atoms with E-state index in [9.17, 15) is 35.9 Å². The first-order chi connectivity index (χ1) is 9.39. The van der Waals surface area contributed by atoms with Crippen LogP contribution in [0.1, 0.15) is 46.0 Å². The SMILES string of the molecule is CCC(CC)C(=O)CC(=O)C(CC(F)(F)F)CC(F)(F)F. The molecule has 0 rings (SSSR count). The van der Waals surface area contributed by atoms with Crippen molar-refractivity contribution in [3.8, 4) is 0 Å². The molecule has 0 aromatic carbocycles. The minimum atomic E-state index is -4.89. The quantitative estimate of drug-likeness (QED) is 0.488. The number of carbonyl (C=O) groups excluding carboxylic acids is 2. The molecule has 0 saturated carbocycles. The zero-order valence-electron chi connectivity index (χ0n) is 11.8. The van der Waals surface area contributed by atoms with Gasteiger partial charge in [-0.05, 0) is 12.8 Å². The van der Waals surface area contributed by atoms with Gasteiger partial charge in [0, 0.05) is 11.8 Å². The molecule has 0 aliphatic heterocycles. The van der Waals surface area contributed by atoms with Crippen LogP contribution in [0, 0.1) is 11.8 Å². The van der Waals surface area contributed by atoms with Crippen LogP contribution in [0.3, 0.4) is 0 Å². The van der Waals surface area contributed by atoms with Gasteiger partial charge in [-0.2, -0.15) is 26.3 Å². The molecule has 21 heavy (non-hydrogen) atoms. The lowest BCUT2D eigenvalue weighted by Crippen LogP contribution is -2.30. The molecule has 8 heteroatoms. The molecule has 0 heterocycles.